The number of nitro groups is 1. The van der Waals surface area contributed by atoms with Gasteiger partial charge in [0, 0.05) is 19.0 Å². The number of hydrogen-bond donors (Lipinski definition) is 1. The van der Waals surface area contributed by atoms with Gasteiger partial charge in [0.25, 0.3) is 5.69 Å². The van der Waals surface area contributed by atoms with Crippen LogP contribution >= 0.6 is 0 Å². The minimum Gasteiger partial charge on any atom is -0.493 e. The Kier molecular flexibility index (Phi) is 7.35. The molecule has 0 atom stereocenters. The lowest BCUT2D eigenvalue weighted by Crippen LogP contribution is -2.14. The number of carbonyl (C=O) groups excluding carboxylic acids is 1. The van der Waals surface area contributed by atoms with Crippen LogP contribution in [-0.2, 0) is 9.53 Å². The molecule has 0 heterocycles. The third-order valence-electron chi connectivity index (χ3n) is 3.38. The molecule has 2 rings (SSSR count). The molecule has 0 unspecified atom stereocenters. The Morgan fingerprint density at radius 1 is 1.12 bits per heavy atom. The van der Waals surface area contributed by atoms with E-state index in [1.807, 2.05) is 0 Å². The first kappa shape index (κ1) is 19.2. The summed E-state index contributed by atoms with van der Waals surface area (Å²) in [6.07, 6.45) is 0.589. The molecule has 7 nitrogen and oxygen atoms in total. The predicted molar refractivity (Wildman–Crippen MR) is 93.7 cm³/mol. The van der Waals surface area contributed by atoms with Crippen LogP contribution in [0, 0.1) is 15.9 Å². The number of anilines is 1. The highest BCUT2D eigenvalue weighted by Crippen LogP contribution is 2.22. The number of nitrogens with one attached hydrogen (secondary N) is 1. The van der Waals surface area contributed by atoms with Gasteiger partial charge in [-0.1, -0.05) is 12.1 Å². The quantitative estimate of drug-likeness (QED) is 0.301. The number of ether oxygens (including phenoxy) is 2. The van der Waals surface area contributed by atoms with Crippen molar-refractivity contribution in [2.75, 3.05) is 25.1 Å². The van der Waals surface area contributed by atoms with Gasteiger partial charge >= 0.3 is 5.97 Å². The zero-order chi connectivity index (χ0) is 18.8. The molecule has 0 aliphatic rings. The number of para-hydroxylation sites is 2. The topological polar surface area (TPSA) is 90.7 Å². The Hall–Kier alpha value is -3.16. The van der Waals surface area contributed by atoms with Gasteiger partial charge < -0.3 is 14.8 Å². The molecule has 1 N–H and O–H groups in total. The summed E-state index contributed by atoms with van der Waals surface area (Å²) >= 11 is 0. The van der Waals surface area contributed by atoms with Crippen molar-refractivity contribution in [1.29, 1.82) is 0 Å². The highest BCUT2D eigenvalue weighted by Gasteiger charge is 2.12. The smallest absolute Gasteiger partial charge is 0.307 e. The van der Waals surface area contributed by atoms with Gasteiger partial charge in [0.05, 0.1) is 24.6 Å². The molecule has 0 saturated carbocycles. The molecule has 0 aliphatic carbocycles. The van der Waals surface area contributed by atoms with E-state index in [0.29, 0.717) is 24.5 Å². The summed E-state index contributed by atoms with van der Waals surface area (Å²) < 4.78 is 23.2. The molecule has 0 aliphatic heterocycles. The largest absolute Gasteiger partial charge is 0.493 e. The Morgan fingerprint density at radius 2 is 1.85 bits per heavy atom. The van der Waals surface area contributed by atoms with Crippen molar-refractivity contribution in [3.05, 3.63) is 64.5 Å². The van der Waals surface area contributed by atoms with Crippen LogP contribution in [0.25, 0.3) is 0 Å². The minimum absolute atomic E-state index is 0.0428. The van der Waals surface area contributed by atoms with Crippen LogP contribution in [0.3, 0.4) is 0 Å². The second-order valence-corrected chi connectivity index (χ2v) is 5.33. The van der Waals surface area contributed by atoms with E-state index in [4.69, 9.17) is 9.47 Å². The molecule has 0 fully saturated rings. The van der Waals surface area contributed by atoms with Gasteiger partial charge in [-0.3, -0.25) is 14.9 Å². The second kappa shape index (κ2) is 9.97. The molecule has 0 amide bonds. The van der Waals surface area contributed by atoms with E-state index >= 15 is 0 Å². The lowest BCUT2D eigenvalue weighted by atomic mass is 10.2. The summed E-state index contributed by atoms with van der Waals surface area (Å²) in [6.45, 7) is 0.772. The van der Waals surface area contributed by atoms with Crippen LogP contribution in [0.1, 0.15) is 12.8 Å². The van der Waals surface area contributed by atoms with Gasteiger partial charge in [-0.05, 0) is 30.3 Å². The van der Waals surface area contributed by atoms with Gasteiger partial charge in [0.2, 0.25) is 0 Å². The molecular weight excluding hydrogens is 343 g/mol. The van der Waals surface area contributed by atoms with E-state index in [9.17, 15) is 19.3 Å². The fourth-order valence-electron chi connectivity index (χ4n) is 2.12. The van der Waals surface area contributed by atoms with Crippen LogP contribution in [0.4, 0.5) is 15.8 Å². The summed E-state index contributed by atoms with van der Waals surface area (Å²) in [5, 5.41) is 13.7. The zero-order valence-corrected chi connectivity index (χ0v) is 14.0. The van der Waals surface area contributed by atoms with Gasteiger partial charge in [-0.15, -0.1) is 0 Å². The number of carbonyl (C=O) groups is 1. The molecular formula is C18H19FN2O5. The van der Waals surface area contributed by atoms with Gasteiger partial charge in [0.1, 0.15) is 17.3 Å². The maximum absolute atomic E-state index is 12.7. The molecule has 0 radical (unpaired) electrons. The highest BCUT2D eigenvalue weighted by molar-refractivity contribution is 5.70. The number of halogens is 1. The third kappa shape index (κ3) is 6.39. The molecule has 0 aromatic heterocycles. The predicted octanol–water partition coefficient (Wildman–Crippen LogP) is 3.55. The first-order valence-electron chi connectivity index (χ1n) is 8.07. The van der Waals surface area contributed by atoms with Crippen molar-refractivity contribution in [3.8, 4) is 5.75 Å². The van der Waals surface area contributed by atoms with Crippen molar-refractivity contribution in [3.63, 3.8) is 0 Å². The van der Waals surface area contributed by atoms with E-state index in [0.717, 1.165) is 0 Å². The third-order valence-corrected chi connectivity index (χ3v) is 3.38. The van der Waals surface area contributed by atoms with Crippen LogP contribution in [0.5, 0.6) is 5.75 Å². The van der Waals surface area contributed by atoms with E-state index in [1.165, 1.54) is 30.3 Å². The van der Waals surface area contributed by atoms with Crippen LogP contribution in [0.15, 0.2) is 48.5 Å². The summed E-state index contributed by atoms with van der Waals surface area (Å²) in [5.41, 5.74) is 0.316. The van der Waals surface area contributed by atoms with Crippen LogP contribution < -0.4 is 10.1 Å². The summed E-state index contributed by atoms with van der Waals surface area (Å²) in [7, 11) is 0. The fourth-order valence-corrected chi connectivity index (χ4v) is 2.12. The summed E-state index contributed by atoms with van der Waals surface area (Å²) in [4.78, 5) is 22.0. The molecule has 8 heteroatoms. The number of nitrogens with zero attached hydrogens (tertiary/aromatic N) is 1. The van der Waals surface area contributed by atoms with E-state index in [2.05, 4.69) is 5.32 Å². The Morgan fingerprint density at radius 3 is 2.58 bits per heavy atom. The Bertz CT molecular complexity index is 737. The SMILES string of the molecule is O=C(CCNc1ccccc1[N+](=O)[O-])OCCCOc1ccc(F)cc1. The Labute approximate surface area is 149 Å². The fraction of sp³-hybridized carbons (Fsp3) is 0.278. The minimum atomic E-state index is -0.484. The number of esters is 1. The van der Waals surface area contributed by atoms with E-state index in [1.54, 1.807) is 18.2 Å². The molecule has 0 bridgehead atoms. The number of hydrogen-bond acceptors (Lipinski definition) is 6. The maximum atomic E-state index is 12.7. The lowest BCUT2D eigenvalue weighted by Gasteiger charge is -2.08. The van der Waals surface area contributed by atoms with Crippen molar-refractivity contribution in [1.82, 2.24) is 0 Å². The normalized spacial score (nSPS) is 10.2. The van der Waals surface area contributed by atoms with Crippen LogP contribution in [0.2, 0.25) is 0 Å². The summed E-state index contributed by atoms with van der Waals surface area (Å²) in [5.74, 6) is -0.190. The zero-order valence-electron chi connectivity index (χ0n) is 14.0. The second-order valence-electron chi connectivity index (χ2n) is 5.33. The van der Waals surface area contributed by atoms with E-state index in [-0.39, 0.29) is 31.1 Å². The number of benzene rings is 2. The Balaban J connectivity index is 1.59. The van der Waals surface area contributed by atoms with Gasteiger partial charge in [-0.25, -0.2) is 4.39 Å². The van der Waals surface area contributed by atoms with Crippen LogP contribution in [-0.4, -0.2) is 30.7 Å². The maximum Gasteiger partial charge on any atom is 0.307 e. The number of nitro benzene ring substituents is 1. The van der Waals surface area contributed by atoms with Crippen molar-refractivity contribution in [2.45, 2.75) is 12.8 Å². The average Bonchev–Trinajstić information content (AvgIpc) is 2.63. The standard InChI is InChI=1S/C18H19FN2O5/c19-14-6-8-15(9-7-14)25-12-3-13-26-18(22)10-11-20-16-4-1-2-5-17(16)21(23)24/h1-2,4-9,20H,3,10-13H2. The average molecular weight is 362 g/mol. The molecule has 138 valence electrons. The van der Waals surface area contributed by atoms with Crippen molar-refractivity contribution < 1.29 is 23.6 Å². The molecule has 0 saturated heterocycles. The monoisotopic (exact) mass is 362 g/mol. The lowest BCUT2D eigenvalue weighted by molar-refractivity contribution is -0.384. The van der Waals surface area contributed by atoms with Crippen molar-refractivity contribution in [2.24, 2.45) is 0 Å². The number of rotatable bonds is 10. The first-order valence-corrected chi connectivity index (χ1v) is 8.07. The van der Waals surface area contributed by atoms with Gasteiger partial charge in [0.15, 0.2) is 0 Å². The highest BCUT2D eigenvalue weighted by atomic mass is 19.1. The van der Waals surface area contributed by atoms with Gasteiger partial charge in [-0.2, -0.15) is 0 Å². The molecule has 2 aromatic carbocycles. The van der Waals surface area contributed by atoms with Crippen molar-refractivity contribution >= 4 is 17.3 Å². The molecule has 26 heavy (non-hydrogen) atoms. The molecule has 0 spiro atoms. The van der Waals surface area contributed by atoms with E-state index < -0.39 is 10.9 Å². The summed E-state index contributed by atoms with van der Waals surface area (Å²) in [6, 6.07) is 11.9. The molecule has 2 aromatic rings. The first-order chi connectivity index (χ1) is 12.6.